The third-order valence-corrected chi connectivity index (χ3v) is 7.51. The van der Waals surface area contributed by atoms with E-state index in [2.05, 4.69) is 15.1 Å². The normalized spacial score (nSPS) is 12.3. The summed E-state index contributed by atoms with van der Waals surface area (Å²) >= 11 is 0. The van der Waals surface area contributed by atoms with Crippen LogP contribution in [0.2, 0.25) is 0 Å². The number of benzene rings is 2. The van der Waals surface area contributed by atoms with Gasteiger partial charge in [-0.1, -0.05) is 24.3 Å². The molecule has 1 aromatic heterocycles. The third-order valence-electron chi connectivity index (χ3n) is 5.70. The quantitative estimate of drug-likeness (QED) is 0.460. The molecule has 3 rings (SSSR count). The fourth-order valence-electron chi connectivity index (χ4n) is 3.72. The Bertz CT molecular complexity index is 1340. The molecule has 0 bridgehead atoms. The molecule has 1 amide bonds. The SMILES string of the molecule is Cc1cc(NC(=O)COC(=O)[C@@H](C)NS(=O)(=O)c2c(C)c(C)cc(C)c2C)n(-c2ccccc2)n1. The van der Waals surface area contributed by atoms with Crippen molar-refractivity contribution in [1.82, 2.24) is 14.5 Å². The first-order valence-corrected chi connectivity index (χ1v) is 12.6. The van der Waals surface area contributed by atoms with E-state index in [-0.39, 0.29) is 4.90 Å². The van der Waals surface area contributed by atoms with Crippen LogP contribution >= 0.6 is 0 Å². The number of hydrogen-bond acceptors (Lipinski definition) is 6. The molecule has 10 heteroatoms. The van der Waals surface area contributed by atoms with Crippen molar-refractivity contribution in [3.8, 4) is 5.69 Å². The smallest absolute Gasteiger partial charge is 0.324 e. The van der Waals surface area contributed by atoms with Crippen molar-refractivity contribution in [2.24, 2.45) is 0 Å². The number of carbonyl (C=O) groups is 2. The standard InChI is InChI=1S/C25H30N4O5S/c1-15-12-16(2)19(5)24(18(15)4)35(32,33)28-20(6)25(31)34-14-23(30)26-22-13-17(3)27-29(22)21-10-8-7-9-11-21/h7-13,20,28H,14H2,1-6H3,(H,26,30)/t20-/m1/s1. The number of aryl methyl sites for hydroxylation is 3. The zero-order chi connectivity index (χ0) is 25.9. The number of amides is 1. The Hall–Kier alpha value is -3.50. The van der Waals surface area contributed by atoms with Gasteiger partial charge in [0.1, 0.15) is 11.9 Å². The highest BCUT2D eigenvalue weighted by atomic mass is 32.2. The maximum atomic E-state index is 13.0. The molecule has 1 heterocycles. The highest BCUT2D eigenvalue weighted by Crippen LogP contribution is 2.26. The highest BCUT2D eigenvalue weighted by Gasteiger charge is 2.27. The average molecular weight is 499 g/mol. The Kier molecular flexibility index (Phi) is 7.76. The van der Waals surface area contributed by atoms with Crippen LogP contribution in [0.3, 0.4) is 0 Å². The van der Waals surface area contributed by atoms with E-state index in [1.54, 1.807) is 31.5 Å². The molecule has 0 unspecified atom stereocenters. The third kappa shape index (κ3) is 5.95. The van der Waals surface area contributed by atoms with Gasteiger partial charge in [0, 0.05) is 6.07 Å². The summed E-state index contributed by atoms with van der Waals surface area (Å²) in [5.74, 6) is -1.02. The van der Waals surface area contributed by atoms with Crippen molar-refractivity contribution >= 4 is 27.7 Å². The largest absolute Gasteiger partial charge is 0.454 e. The van der Waals surface area contributed by atoms with Crippen molar-refractivity contribution in [1.29, 1.82) is 0 Å². The Morgan fingerprint density at radius 1 is 1.00 bits per heavy atom. The number of anilines is 1. The van der Waals surface area contributed by atoms with Gasteiger partial charge < -0.3 is 10.1 Å². The minimum Gasteiger partial charge on any atom is -0.454 e. The molecule has 9 nitrogen and oxygen atoms in total. The van der Waals surface area contributed by atoms with Gasteiger partial charge in [0.2, 0.25) is 10.0 Å². The van der Waals surface area contributed by atoms with Crippen LogP contribution in [0.15, 0.2) is 47.4 Å². The topological polar surface area (TPSA) is 119 Å². The molecule has 0 aliphatic carbocycles. The van der Waals surface area contributed by atoms with Crippen molar-refractivity contribution in [2.75, 3.05) is 11.9 Å². The van der Waals surface area contributed by atoms with Crippen LogP contribution in [0.4, 0.5) is 5.82 Å². The van der Waals surface area contributed by atoms with E-state index >= 15 is 0 Å². The summed E-state index contributed by atoms with van der Waals surface area (Å²) in [6, 6.07) is 11.7. The van der Waals surface area contributed by atoms with Crippen LogP contribution in [0.25, 0.3) is 5.69 Å². The highest BCUT2D eigenvalue weighted by molar-refractivity contribution is 7.89. The number of hydrogen-bond donors (Lipinski definition) is 2. The van der Waals surface area contributed by atoms with Crippen LogP contribution in [-0.4, -0.2) is 42.7 Å². The van der Waals surface area contributed by atoms with Gasteiger partial charge in [-0.15, -0.1) is 0 Å². The number of nitrogens with one attached hydrogen (secondary N) is 2. The molecule has 0 radical (unpaired) electrons. The predicted molar refractivity (Wildman–Crippen MR) is 133 cm³/mol. The molecule has 1 atom stereocenters. The lowest BCUT2D eigenvalue weighted by Gasteiger charge is -2.18. The molecule has 0 spiro atoms. The molecule has 0 saturated heterocycles. The minimum absolute atomic E-state index is 0.150. The lowest BCUT2D eigenvalue weighted by molar-refractivity contribution is -0.148. The van der Waals surface area contributed by atoms with E-state index in [0.717, 1.165) is 16.8 Å². The Labute approximate surface area is 205 Å². The fourth-order valence-corrected chi connectivity index (χ4v) is 5.53. The molecule has 35 heavy (non-hydrogen) atoms. The lowest BCUT2D eigenvalue weighted by Crippen LogP contribution is -2.41. The summed E-state index contributed by atoms with van der Waals surface area (Å²) in [7, 11) is -3.99. The van der Waals surface area contributed by atoms with E-state index < -0.39 is 34.5 Å². The van der Waals surface area contributed by atoms with Crippen molar-refractivity contribution in [3.05, 3.63) is 70.4 Å². The molecule has 186 valence electrons. The number of carbonyl (C=O) groups excluding carboxylic acids is 2. The van der Waals surface area contributed by atoms with Gasteiger partial charge in [0.05, 0.1) is 16.3 Å². The number of esters is 1. The predicted octanol–water partition coefficient (Wildman–Crippen LogP) is 3.26. The summed E-state index contributed by atoms with van der Waals surface area (Å²) in [6.45, 7) is 9.72. The second-order valence-electron chi connectivity index (χ2n) is 8.51. The van der Waals surface area contributed by atoms with Crippen LogP contribution in [0.5, 0.6) is 0 Å². The number of ether oxygens (including phenoxy) is 1. The number of para-hydroxylation sites is 1. The summed E-state index contributed by atoms with van der Waals surface area (Å²) < 4.78 is 35.1. The molecule has 0 fully saturated rings. The van der Waals surface area contributed by atoms with Gasteiger partial charge in [-0.25, -0.2) is 13.1 Å². The van der Waals surface area contributed by atoms with Crippen molar-refractivity contribution < 1.29 is 22.7 Å². The number of rotatable bonds is 8. The van der Waals surface area contributed by atoms with Gasteiger partial charge >= 0.3 is 5.97 Å². The summed E-state index contributed by atoms with van der Waals surface area (Å²) in [6.07, 6.45) is 0. The molecule has 2 aromatic carbocycles. The van der Waals surface area contributed by atoms with Gasteiger partial charge in [-0.05, 0) is 75.9 Å². The molecular weight excluding hydrogens is 468 g/mol. The lowest BCUT2D eigenvalue weighted by atomic mass is 10.0. The van der Waals surface area contributed by atoms with Gasteiger partial charge in [-0.2, -0.15) is 9.82 Å². The monoisotopic (exact) mass is 498 g/mol. The maximum Gasteiger partial charge on any atom is 0.324 e. The van der Waals surface area contributed by atoms with E-state index in [1.807, 2.05) is 50.2 Å². The van der Waals surface area contributed by atoms with Crippen LogP contribution in [-0.2, 0) is 24.3 Å². The first-order chi connectivity index (χ1) is 16.4. The van der Waals surface area contributed by atoms with E-state index in [4.69, 9.17) is 4.74 Å². The van der Waals surface area contributed by atoms with Gasteiger partial charge in [0.15, 0.2) is 6.61 Å². The zero-order valence-electron chi connectivity index (χ0n) is 20.7. The van der Waals surface area contributed by atoms with Crippen LogP contribution in [0.1, 0.15) is 34.9 Å². The number of nitrogens with zero attached hydrogens (tertiary/aromatic N) is 2. The summed E-state index contributed by atoms with van der Waals surface area (Å²) in [4.78, 5) is 25.0. The van der Waals surface area contributed by atoms with E-state index in [1.165, 1.54) is 6.92 Å². The Morgan fingerprint density at radius 3 is 2.20 bits per heavy atom. The molecule has 2 N–H and O–H groups in total. The molecular formula is C25H30N4O5S. The first-order valence-electron chi connectivity index (χ1n) is 11.1. The van der Waals surface area contributed by atoms with Crippen molar-refractivity contribution in [2.45, 2.75) is 52.5 Å². The molecule has 0 saturated carbocycles. The first kappa shape index (κ1) is 26.1. The molecule has 0 aliphatic heterocycles. The fraction of sp³-hybridized carbons (Fsp3) is 0.320. The summed E-state index contributed by atoms with van der Waals surface area (Å²) in [5.41, 5.74) is 4.36. The van der Waals surface area contributed by atoms with E-state index in [0.29, 0.717) is 22.6 Å². The van der Waals surface area contributed by atoms with E-state index in [9.17, 15) is 18.0 Å². The average Bonchev–Trinajstić information content (AvgIpc) is 3.16. The maximum absolute atomic E-state index is 13.0. The Morgan fingerprint density at radius 2 is 1.60 bits per heavy atom. The van der Waals surface area contributed by atoms with Gasteiger partial charge in [-0.3, -0.25) is 9.59 Å². The second-order valence-corrected chi connectivity index (χ2v) is 10.2. The minimum atomic E-state index is -3.99. The van der Waals surface area contributed by atoms with Crippen LogP contribution in [0, 0.1) is 34.6 Å². The molecule has 3 aromatic rings. The van der Waals surface area contributed by atoms with Gasteiger partial charge in [0.25, 0.3) is 5.91 Å². The number of sulfonamides is 1. The number of aromatic nitrogens is 2. The zero-order valence-corrected chi connectivity index (χ0v) is 21.5. The summed E-state index contributed by atoms with van der Waals surface area (Å²) in [5, 5.41) is 7.04. The Balaban J connectivity index is 1.64. The van der Waals surface area contributed by atoms with Crippen LogP contribution < -0.4 is 10.0 Å². The molecule has 0 aliphatic rings. The second kappa shape index (κ2) is 10.4. The van der Waals surface area contributed by atoms with Crippen molar-refractivity contribution in [3.63, 3.8) is 0 Å².